The number of methoxy groups -OCH3 is 1. The lowest BCUT2D eigenvalue weighted by atomic mass is 10.3. The van der Waals surface area contributed by atoms with Crippen molar-refractivity contribution in [3.63, 3.8) is 0 Å². The molecule has 0 spiro atoms. The van der Waals surface area contributed by atoms with Crippen molar-refractivity contribution in [3.05, 3.63) is 48.0 Å². The first kappa shape index (κ1) is 15.8. The Morgan fingerprint density at radius 1 is 1.36 bits per heavy atom. The van der Waals surface area contributed by atoms with Gasteiger partial charge in [0.25, 0.3) is 0 Å². The van der Waals surface area contributed by atoms with Crippen LogP contribution in [0.25, 0.3) is 16.4 Å². The van der Waals surface area contributed by atoms with Crippen molar-refractivity contribution in [2.45, 2.75) is 0 Å². The Hall–Kier alpha value is -1.09. The summed E-state index contributed by atoms with van der Waals surface area (Å²) < 4.78 is 8.29. The molecule has 5 nitrogen and oxygen atoms in total. The van der Waals surface area contributed by atoms with E-state index in [-0.39, 0.29) is 5.69 Å². The van der Waals surface area contributed by atoms with Gasteiger partial charge in [-0.1, -0.05) is 11.6 Å². The lowest BCUT2D eigenvalue weighted by molar-refractivity contribution is 0.411. The third kappa shape index (κ3) is 2.88. The van der Waals surface area contributed by atoms with Gasteiger partial charge < -0.3 is 4.74 Å². The monoisotopic (exact) mass is 463 g/mol. The number of ether oxygens (including phenoxy) is 1. The normalized spacial score (nSPS) is 10.9. The van der Waals surface area contributed by atoms with Crippen LogP contribution in [0.1, 0.15) is 0 Å². The predicted molar refractivity (Wildman–Crippen MR) is 94.5 cm³/mol. The lowest BCUT2D eigenvalue weighted by Crippen LogP contribution is -2.16. The quantitative estimate of drug-likeness (QED) is 0.621. The van der Waals surface area contributed by atoms with Gasteiger partial charge in [-0.05, 0) is 56.1 Å². The molecule has 0 fully saturated rings. The van der Waals surface area contributed by atoms with Gasteiger partial charge in [0, 0.05) is 9.50 Å². The molecule has 0 aliphatic heterocycles. The number of aromatic amines is 1. The Labute approximate surface area is 151 Å². The fourth-order valence-electron chi connectivity index (χ4n) is 1.92. The van der Waals surface area contributed by atoms with Crippen molar-refractivity contribution in [2.75, 3.05) is 7.11 Å². The largest absolute Gasteiger partial charge is 0.494 e. The maximum Gasteiger partial charge on any atom is 0.348 e. The number of thiophene rings is 1. The van der Waals surface area contributed by atoms with Gasteiger partial charge in [0.15, 0.2) is 5.82 Å². The standard InChI is InChI=1S/C13H8Br2ClN3O2S/c1-21-9-3-2-6(16)4-8(9)19-13(20)17-12(18-19)11-7(14)5-10(15)22-11/h2-5H,1H3,(H,17,18,20). The summed E-state index contributed by atoms with van der Waals surface area (Å²) in [7, 11) is 1.53. The van der Waals surface area contributed by atoms with Crippen molar-refractivity contribution >= 4 is 54.8 Å². The van der Waals surface area contributed by atoms with Crippen molar-refractivity contribution < 1.29 is 4.74 Å². The Morgan fingerprint density at radius 3 is 2.77 bits per heavy atom. The first-order chi connectivity index (χ1) is 10.5. The molecule has 3 aromatic rings. The van der Waals surface area contributed by atoms with E-state index in [4.69, 9.17) is 16.3 Å². The minimum atomic E-state index is -0.369. The van der Waals surface area contributed by atoms with Gasteiger partial charge in [-0.25, -0.2) is 4.79 Å². The van der Waals surface area contributed by atoms with Crippen LogP contribution in [-0.4, -0.2) is 21.9 Å². The van der Waals surface area contributed by atoms with E-state index in [1.54, 1.807) is 18.2 Å². The number of hydrogen-bond acceptors (Lipinski definition) is 4. The van der Waals surface area contributed by atoms with Crippen LogP contribution in [0.15, 0.2) is 37.3 Å². The van der Waals surface area contributed by atoms with Crippen LogP contribution in [0.2, 0.25) is 5.02 Å². The molecule has 0 atom stereocenters. The lowest BCUT2D eigenvalue weighted by Gasteiger charge is -2.07. The highest BCUT2D eigenvalue weighted by Gasteiger charge is 2.17. The van der Waals surface area contributed by atoms with E-state index >= 15 is 0 Å². The number of rotatable bonds is 3. The zero-order valence-corrected chi connectivity index (χ0v) is 15.8. The third-order valence-electron chi connectivity index (χ3n) is 2.86. The number of hydrogen-bond donors (Lipinski definition) is 1. The number of benzene rings is 1. The Kier molecular flexibility index (Phi) is 4.44. The second-order valence-corrected chi connectivity index (χ2v) is 7.96. The number of aromatic nitrogens is 3. The molecule has 3 rings (SSSR count). The number of H-pyrrole nitrogens is 1. The van der Waals surface area contributed by atoms with Gasteiger partial charge in [0.1, 0.15) is 11.4 Å². The first-order valence-electron chi connectivity index (χ1n) is 5.98. The Balaban J connectivity index is 2.17. The molecule has 0 saturated carbocycles. The van der Waals surface area contributed by atoms with Crippen molar-refractivity contribution in [3.8, 4) is 22.1 Å². The molecule has 114 valence electrons. The Morgan fingerprint density at radius 2 is 2.14 bits per heavy atom. The third-order valence-corrected chi connectivity index (χ3v) is 5.63. The number of nitrogens with zero attached hydrogens (tertiary/aromatic N) is 2. The van der Waals surface area contributed by atoms with Crippen molar-refractivity contribution in [1.29, 1.82) is 0 Å². The molecule has 0 radical (unpaired) electrons. The van der Waals surface area contributed by atoms with Crippen LogP contribution in [0.5, 0.6) is 5.75 Å². The summed E-state index contributed by atoms with van der Waals surface area (Å²) >= 11 is 14.3. The zero-order chi connectivity index (χ0) is 15.9. The van der Waals surface area contributed by atoms with Gasteiger partial charge >= 0.3 is 5.69 Å². The topological polar surface area (TPSA) is 59.9 Å². The highest BCUT2D eigenvalue weighted by atomic mass is 79.9. The van der Waals surface area contributed by atoms with Crippen LogP contribution in [-0.2, 0) is 0 Å². The summed E-state index contributed by atoms with van der Waals surface area (Å²) in [5.74, 6) is 0.977. The van der Waals surface area contributed by atoms with Crippen LogP contribution in [0.4, 0.5) is 0 Å². The van der Waals surface area contributed by atoms with Crippen LogP contribution >= 0.6 is 54.8 Å². The predicted octanol–water partition coefficient (Wildman–Crippen LogP) is 4.48. The van der Waals surface area contributed by atoms with E-state index in [0.717, 1.165) is 13.1 Å². The Bertz CT molecular complexity index is 903. The van der Waals surface area contributed by atoms with E-state index in [1.807, 2.05) is 6.07 Å². The van der Waals surface area contributed by atoms with E-state index in [2.05, 4.69) is 41.9 Å². The average Bonchev–Trinajstić information content (AvgIpc) is 3.01. The fraction of sp³-hybridized carbons (Fsp3) is 0.0769. The summed E-state index contributed by atoms with van der Waals surface area (Å²) in [6.45, 7) is 0. The molecule has 1 aromatic carbocycles. The van der Waals surface area contributed by atoms with Gasteiger partial charge in [-0.3, -0.25) is 4.98 Å². The average molecular weight is 466 g/mol. The molecule has 0 amide bonds. The molecular weight excluding hydrogens is 457 g/mol. The maximum atomic E-state index is 12.2. The summed E-state index contributed by atoms with van der Waals surface area (Å²) in [6.07, 6.45) is 0. The van der Waals surface area contributed by atoms with Gasteiger partial charge in [0.05, 0.1) is 15.8 Å². The molecule has 0 aliphatic carbocycles. The SMILES string of the molecule is COc1ccc(Cl)cc1-n1nc(-c2sc(Br)cc2Br)[nH]c1=O. The van der Waals surface area contributed by atoms with Gasteiger partial charge in [-0.15, -0.1) is 16.4 Å². The van der Waals surface area contributed by atoms with Crippen LogP contribution < -0.4 is 10.4 Å². The minimum absolute atomic E-state index is 0.369. The van der Waals surface area contributed by atoms with E-state index < -0.39 is 0 Å². The van der Waals surface area contributed by atoms with Crippen LogP contribution in [0, 0.1) is 0 Å². The molecule has 2 aromatic heterocycles. The first-order valence-corrected chi connectivity index (χ1v) is 8.76. The van der Waals surface area contributed by atoms with Crippen molar-refractivity contribution in [1.82, 2.24) is 14.8 Å². The minimum Gasteiger partial charge on any atom is -0.494 e. The number of nitrogens with one attached hydrogen (secondary N) is 1. The summed E-state index contributed by atoms with van der Waals surface area (Å²) in [5.41, 5.74) is 0.112. The zero-order valence-electron chi connectivity index (χ0n) is 11.1. The molecule has 0 aliphatic rings. The second-order valence-electron chi connectivity index (χ2n) is 4.23. The van der Waals surface area contributed by atoms with Gasteiger partial charge in [0.2, 0.25) is 0 Å². The molecule has 2 heterocycles. The summed E-state index contributed by atoms with van der Waals surface area (Å²) in [5, 5.41) is 4.84. The van der Waals surface area contributed by atoms with Gasteiger partial charge in [-0.2, -0.15) is 4.68 Å². The summed E-state index contributed by atoms with van der Waals surface area (Å²) in [4.78, 5) is 15.8. The molecule has 0 unspecified atom stereocenters. The number of halogens is 3. The molecular formula is C13H8Br2ClN3O2S. The maximum absolute atomic E-state index is 12.2. The molecule has 0 bridgehead atoms. The smallest absolute Gasteiger partial charge is 0.348 e. The van der Waals surface area contributed by atoms with Crippen molar-refractivity contribution in [2.24, 2.45) is 0 Å². The molecule has 9 heteroatoms. The highest BCUT2D eigenvalue weighted by Crippen LogP contribution is 2.37. The van der Waals surface area contributed by atoms with E-state index in [0.29, 0.717) is 22.3 Å². The summed E-state index contributed by atoms with van der Waals surface area (Å²) in [6, 6.07) is 6.91. The van der Waals surface area contributed by atoms with E-state index in [1.165, 1.54) is 23.1 Å². The second kappa shape index (κ2) is 6.19. The van der Waals surface area contributed by atoms with E-state index in [9.17, 15) is 4.79 Å². The molecule has 0 saturated heterocycles. The molecule has 1 N–H and O–H groups in total. The fourth-order valence-corrected chi connectivity index (χ4v) is 4.64. The van der Waals surface area contributed by atoms with Crippen LogP contribution in [0.3, 0.4) is 0 Å². The highest BCUT2D eigenvalue weighted by molar-refractivity contribution is 9.11. The molecule has 22 heavy (non-hydrogen) atoms.